The van der Waals surface area contributed by atoms with Crippen molar-refractivity contribution in [2.45, 2.75) is 11.8 Å². The van der Waals surface area contributed by atoms with E-state index in [1.54, 1.807) is 6.07 Å². The van der Waals surface area contributed by atoms with Crippen molar-refractivity contribution in [3.63, 3.8) is 0 Å². The van der Waals surface area contributed by atoms with E-state index in [1.807, 2.05) is 0 Å². The average molecular weight is 241 g/mol. The van der Waals surface area contributed by atoms with Gasteiger partial charge in [-0.1, -0.05) is 12.1 Å². The summed E-state index contributed by atoms with van der Waals surface area (Å²) < 4.78 is 18.0. The van der Waals surface area contributed by atoms with Crippen LogP contribution in [0.4, 0.5) is 4.39 Å². The number of carboxylic acid groups (broad SMARTS) is 1. The van der Waals surface area contributed by atoms with Gasteiger partial charge in [-0.3, -0.25) is 4.79 Å². The van der Waals surface area contributed by atoms with Gasteiger partial charge in [-0.2, -0.15) is 0 Å². The van der Waals surface area contributed by atoms with E-state index in [0.29, 0.717) is 5.56 Å². The summed E-state index contributed by atoms with van der Waals surface area (Å²) in [6.07, 6.45) is 0.207. The molecule has 0 aliphatic rings. The first kappa shape index (κ1) is 13.6. The molecule has 0 amide bonds. The van der Waals surface area contributed by atoms with E-state index in [1.165, 1.54) is 25.3 Å². The zero-order chi connectivity index (χ0) is 12.9. The standard InChI is InChI=1S/C12H16FNO3/c1-17-6-5-12(8-14,11(15)16)9-3-2-4-10(13)7-9/h2-4,7H,5-6,8,14H2,1H3,(H,15,16). The van der Waals surface area contributed by atoms with Crippen LogP contribution in [0.3, 0.4) is 0 Å². The van der Waals surface area contributed by atoms with Gasteiger partial charge in [-0.05, 0) is 24.1 Å². The lowest BCUT2D eigenvalue weighted by molar-refractivity contribution is -0.144. The maximum Gasteiger partial charge on any atom is 0.315 e. The highest BCUT2D eigenvalue weighted by Gasteiger charge is 2.39. The second kappa shape index (κ2) is 5.75. The fraction of sp³-hybridized carbons (Fsp3) is 0.417. The second-order valence-corrected chi connectivity index (χ2v) is 3.84. The average Bonchev–Trinajstić information content (AvgIpc) is 2.30. The lowest BCUT2D eigenvalue weighted by Gasteiger charge is -2.28. The molecule has 94 valence electrons. The van der Waals surface area contributed by atoms with E-state index >= 15 is 0 Å². The summed E-state index contributed by atoms with van der Waals surface area (Å²) >= 11 is 0. The van der Waals surface area contributed by atoms with Crippen LogP contribution in [0.25, 0.3) is 0 Å². The number of hydrogen-bond donors (Lipinski definition) is 2. The fourth-order valence-corrected chi connectivity index (χ4v) is 1.74. The smallest absolute Gasteiger partial charge is 0.315 e. The molecule has 1 unspecified atom stereocenters. The van der Waals surface area contributed by atoms with Crippen LogP contribution in [0.5, 0.6) is 0 Å². The van der Waals surface area contributed by atoms with Crippen LogP contribution in [0, 0.1) is 5.82 Å². The maximum absolute atomic E-state index is 13.2. The first-order valence-electron chi connectivity index (χ1n) is 5.25. The van der Waals surface area contributed by atoms with Gasteiger partial charge in [0.25, 0.3) is 0 Å². The number of aliphatic carboxylic acids is 1. The van der Waals surface area contributed by atoms with Crippen LogP contribution in [-0.2, 0) is 14.9 Å². The Kier molecular flexibility index (Phi) is 4.60. The number of nitrogens with two attached hydrogens (primary N) is 1. The molecule has 1 atom stereocenters. The molecule has 0 fully saturated rings. The van der Waals surface area contributed by atoms with E-state index in [4.69, 9.17) is 10.5 Å². The molecule has 0 radical (unpaired) electrons. The predicted molar refractivity (Wildman–Crippen MR) is 61.3 cm³/mol. The third kappa shape index (κ3) is 2.81. The van der Waals surface area contributed by atoms with Gasteiger partial charge < -0.3 is 15.6 Å². The molecule has 17 heavy (non-hydrogen) atoms. The number of carbonyl (C=O) groups is 1. The maximum atomic E-state index is 13.2. The lowest BCUT2D eigenvalue weighted by atomic mass is 9.78. The van der Waals surface area contributed by atoms with Crippen molar-refractivity contribution in [1.82, 2.24) is 0 Å². The van der Waals surface area contributed by atoms with Crippen LogP contribution in [0.15, 0.2) is 24.3 Å². The van der Waals surface area contributed by atoms with Crippen molar-refractivity contribution in [2.75, 3.05) is 20.3 Å². The normalized spacial score (nSPS) is 14.3. The largest absolute Gasteiger partial charge is 0.481 e. The van der Waals surface area contributed by atoms with Crippen molar-refractivity contribution in [3.8, 4) is 0 Å². The Balaban J connectivity index is 3.16. The molecule has 0 aliphatic heterocycles. The molecule has 0 aromatic heterocycles. The SMILES string of the molecule is COCCC(CN)(C(=O)O)c1cccc(F)c1. The van der Waals surface area contributed by atoms with Crippen molar-refractivity contribution < 1.29 is 19.0 Å². The summed E-state index contributed by atoms with van der Waals surface area (Å²) in [5, 5.41) is 9.34. The molecular formula is C12H16FNO3. The number of hydrogen-bond acceptors (Lipinski definition) is 3. The van der Waals surface area contributed by atoms with Gasteiger partial charge in [0.1, 0.15) is 11.2 Å². The van der Waals surface area contributed by atoms with E-state index in [9.17, 15) is 14.3 Å². The topological polar surface area (TPSA) is 72.5 Å². The summed E-state index contributed by atoms with van der Waals surface area (Å²) in [5.74, 6) is -1.54. The van der Waals surface area contributed by atoms with Crippen LogP contribution < -0.4 is 5.73 Å². The van der Waals surface area contributed by atoms with Gasteiger partial charge in [0.05, 0.1) is 0 Å². The highest BCUT2D eigenvalue weighted by Crippen LogP contribution is 2.28. The molecule has 1 aromatic carbocycles. The number of rotatable bonds is 6. The number of carboxylic acids is 1. The van der Waals surface area contributed by atoms with Crippen LogP contribution >= 0.6 is 0 Å². The molecule has 5 heteroatoms. The highest BCUT2D eigenvalue weighted by atomic mass is 19.1. The van der Waals surface area contributed by atoms with Crippen LogP contribution in [0.1, 0.15) is 12.0 Å². The molecule has 0 heterocycles. The molecule has 0 bridgehead atoms. The Morgan fingerprint density at radius 1 is 1.59 bits per heavy atom. The predicted octanol–water partition coefficient (Wildman–Crippen LogP) is 1.14. The van der Waals surface area contributed by atoms with Gasteiger partial charge in [0.15, 0.2) is 0 Å². The Morgan fingerprint density at radius 3 is 2.76 bits per heavy atom. The Bertz CT molecular complexity index is 397. The van der Waals surface area contributed by atoms with Gasteiger partial charge >= 0.3 is 5.97 Å². The molecule has 1 rings (SSSR count). The van der Waals surface area contributed by atoms with E-state index in [2.05, 4.69) is 0 Å². The number of halogens is 1. The summed E-state index contributed by atoms with van der Waals surface area (Å²) in [6, 6.07) is 5.52. The Hall–Kier alpha value is -1.46. The first-order valence-corrected chi connectivity index (χ1v) is 5.25. The Labute approximate surface area is 99.2 Å². The number of ether oxygens (including phenoxy) is 1. The quantitative estimate of drug-likeness (QED) is 0.783. The van der Waals surface area contributed by atoms with Crippen molar-refractivity contribution >= 4 is 5.97 Å². The lowest BCUT2D eigenvalue weighted by Crippen LogP contribution is -2.44. The molecule has 4 nitrogen and oxygen atoms in total. The summed E-state index contributed by atoms with van der Waals surface area (Å²) in [4.78, 5) is 11.4. The summed E-state index contributed by atoms with van der Waals surface area (Å²) in [7, 11) is 1.48. The third-order valence-electron chi connectivity index (χ3n) is 2.87. The van der Waals surface area contributed by atoms with E-state index in [0.717, 1.165) is 0 Å². The van der Waals surface area contributed by atoms with Crippen molar-refractivity contribution in [1.29, 1.82) is 0 Å². The first-order chi connectivity index (χ1) is 8.06. The molecule has 0 spiro atoms. The summed E-state index contributed by atoms with van der Waals surface area (Å²) in [6.45, 7) is 0.148. The zero-order valence-electron chi connectivity index (χ0n) is 9.65. The van der Waals surface area contributed by atoms with Gasteiger partial charge in [0.2, 0.25) is 0 Å². The number of methoxy groups -OCH3 is 1. The highest BCUT2D eigenvalue weighted by molar-refractivity contribution is 5.81. The fourth-order valence-electron chi connectivity index (χ4n) is 1.74. The minimum Gasteiger partial charge on any atom is -0.481 e. The molecule has 0 aliphatic carbocycles. The minimum atomic E-state index is -1.29. The summed E-state index contributed by atoms with van der Waals surface area (Å²) in [5.41, 5.74) is 4.64. The molecule has 3 N–H and O–H groups in total. The Morgan fingerprint density at radius 2 is 2.29 bits per heavy atom. The number of benzene rings is 1. The second-order valence-electron chi connectivity index (χ2n) is 3.84. The molecule has 1 aromatic rings. The van der Waals surface area contributed by atoms with E-state index < -0.39 is 17.2 Å². The molecule has 0 saturated carbocycles. The van der Waals surface area contributed by atoms with Crippen molar-refractivity contribution in [2.24, 2.45) is 5.73 Å². The van der Waals surface area contributed by atoms with Gasteiger partial charge in [-0.25, -0.2) is 4.39 Å². The monoisotopic (exact) mass is 241 g/mol. The van der Waals surface area contributed by atoms with Crippen LogP contribution in [-0.4, -0.2) is 31.3 Å². The zero-order valence-corrected chi connectivity index (χ0v) is 9.65. The van der Waals surface area contributed by atoms with Gasteiger partial charge in [-0.15, -0.1) is 0 Å². The third-order valence-corrected chi connectivity index (χ3v) is 2.87. The van der Waals surface area contributed by atoms with Crippen LogP contribution in [0.2, 0.25) is 0 Å². The van der Waals surface area contributed by atoms with Gasteiger partial charge in [0, 0.05) is 20.3 Å². The molecule has 0 saturated heterocycles. The van der Waals surface area contributed by atoms with Crippen molar-refractivity contribution in [3.05, 3.63) is 35.6 Å². The van der Waals surface area contributed by atoms with E-state index in [-0.39, 0.29) is 19.6 Å². The molecular weight excluding hydrogens is 225 g/mol. The minimum absolute atomic E-state index is 0.102.